The molecule has 0 spiro atoms. The fraction of sp³-hybridized carbons (Fsp3) is 0.105. The molecule has 0 radical (unpaired) electrons. The van der Waals surface area contributed by atoms with Gasteiger partial charge >= 0.3 is 11.9 Å². The van der Waals surface area contributed by atoms with E-state index in [1.165, 1.54) is 4.68 Å². The highest BCUT2D eigenvalue weighted by Gasteiger charge is 2.32. The van der Waals surface area contributed by atoms with E-state index in [1.807, 2.05) is 0 Å². The van der Waals surface area contributed by atoms with E-state index in [1.54, 1.807) is 30.3 Å². The number of nitrogens with zero attached hydrogens (tertiary/aromatic N) is 2. The number of para-hydroxylation sites is 1. The Morgan fingerprint density at radius 2 is 1.70 bits per heavy atom. The molecule has 27 heavy (non-hydrogen) atoms. The molecule has 0 aliphatic carbocycles. The summed E-state index contributed by atoms with van der Waals surface area (Å²) >= 11 is 0. The Hall–Kier alpha value is -3.68. The molecule has 1 N–H and O–H groups in total. The maximum absolute atomic E-state index is 13.7. The molecule has 0 saturated heterocycles. The van der Waals surface area contributed by atoms with Gasteiger partial charge in [-0.3, -0.25) is 0 Å². The highest BCUT2D eigenvalue weighted by Crippen LogP contribution is 2.34. The molecule has 3 aromatic rings. The number of benzene rings is 2. The Labute approximate surface area is 153 Å². The average molecular weight is 370 g/mol. The number of hydrogen-bond donors (Lipinski definition) is 1. The molecule has 3 rings (SSSR count). The molecule has 7 nitrogen and oxygen atoms in total. The van der Waals surface area contributed by atoms with Crippen molar-refractivity contribution >= 4 is 11.9 Å². The van der Waals surface area contributed by atoms with Gasteiger partial charge in [0.05, 0.1) is 19.9 Å². The van der Waals surface area contributed by atoms with Gasteiger partial charge in [-0.1, -0.05) is 18.2 Å². The number of rotatable bonds is 4. The molecule has 2 aromatic carbocycles. The molecule has 0 amide bonds. The molecule has 0 atom stereocenters. The number of aromatic nitrogens is 2. The van der Waals surface area contributed by atoms with Gasteiger partial charge in [0.15, 0.2) is 5.69 Å². The first kappa shape index (κ1) is 18.1. The second kappa shape index (κ2) is 7.28. The Kier molecular flexibility index (Phi) is 4.89. The van der Waals surface area contributed by atoms with Crippen LogP contribution >= 0.6 is 0 Å². The molecule has 1 heterocycles. The lowest BCUT2D eigenvalue weighted by molar-refractivity contribution is 0.0549. The Morgan fingerprint density at radius 3 is 2.33 bits per heavy atom. The summed E-state index contributed by atoms with van der Waals surface area (Å²) in [6.45, 7) is 0. The van der Waals surface area contributed by atoms with Crippen molar-refractivity contribution < 1.29 is 28.6 Å². The van der Waals surface area contributed by atoms with Crippen LogP contribution in [-0.2, 0) is 9.47 Å². The molecule has 1 aromatic heterocycles. The summed E-state index contributed by atoms with van der Waals surface area (Å²) in [6.07, 6.45) is 0. The third-order valence-corrected chi connectivity index (χ3v) is 3.87. The Balaban J connectivity index is 2.40. The average Bonchev–Trinajstić information content (AvgIpc) is 3.09. The lowest BCUT2D eigenvalue weighted by atomic mass is 10.0. The van der Waals surface area contributed by atoms with Crippen LogP contribution in [0.4, 0.5) is 4.39 Å². The Bertz CT molecular complexity index is 1010. The highest BCUT2D eigenvalue weighted by atomic mass is 19.1. The van der Waals surface area contributed by atoms with Crippen LogP contribution in [0, 0.1) is 5.82 Å². The molecule has 0 aliphatic heterocycles. The zero-order chi connectivity index (χ0) is 19.6. The van der Waals surface area contributed by atoms with Crippen molar-refractivity contribution in [3.63, 3.8) is 0 Å². The van der Waals surface area contributed by atoms with Crippen molar-refractivity contribution in [1.29, 1.82) is 0 Å². The summed E-state index contributed by atoms with van der Waals surface area (Å²) in [5, 5.41) is 14.4. The molecule has 8 heteroatoms. The number of carbonyl (C=O) groups is 2. The zero-order valence-corrected chi connectivity index (χ0v) is 14.5. The van der Waals surface area contributed by atoms with Crippen LogP contribution in [0.3, 0.4) is 0 Å². The van der Waals surface area contributed by atoms with E-state index in [4.69, 9.17) is 9.47 Å². The lowest BCUT2D eigenvalue weighted by Crippen LogP contribution is -2.15. The minimum Gasteiger partial charge on any atom is -0.507 e. The number of aromatic hydroxyl groups is 1. The van der Waals surface area contributed by atoms with Crippen molar-refractivity contribution in [3.8, 4) is 22.7 Å². The molecule has 138 valence electrons. The van der Waals surface area contributed by atoms with Crippen LogP contribution in [0.5, 0.6) is 5.75 Å². The van der Waals surface area contributed by atoms with Crippen molar-refractivity contribution in [1.82, 2.24) is 9.78 Å². The van der Waals surface area contributed by atoms with Crippen molar-refractivity contribution in [2.75, 3.05) is 14.2 Å². The maximum Gasteiger partial charge on any atom is 0.357 e. The smallest absolute Gasteiger partial charge is 0.357 e. The summed E-state index contributed by atoms with van der Waals surface area (Å²) in [5.41, 5.74) is -0.146. The second-order valence-corrected chi connectivity index (χ2v) is 5.46. The first-order valence-electron chi connectivity index (χ1n) is 7.82. The van der Waals surface area contributed by atoms with Gasteiger partial charge in [-0.15, -0.1) is 0 Å². The number of ether oxygens (including phenoxy) is 2. The molecule has 0 fully saturated rings. The predicted octanol–water partition coefficient (Wildman–Crippen LogP) is 2.96. The van der Waals surface area contributed by atoms with E-state index in [0.717, 1.165) is 32.4 Å². The van der Waals surface area contributed by atoms with Gasteiger partial charge in [0.2, 0.25) is 0 Å². The van der Waals surface area contributed by atoms with Gasteiger partial charge < -0.3 is 14.6 Å². The number of methoxy groups -OCH3 is 2. The first-order chi connectivity index (χ1) is 13.0. The quantitative estimate of drug-likeness (QED) is 0.710. The molecule has 0 bridgehead atoms. The molecule has 0 aliphatic rings. The first-order valence-corrected chi connectivity index (χ1v) is 7.82. The minimum atomic E-state index is -0.878. The van der Waals surface area contributed by atoms with Gasteiger partial charge in [-0.25, -0.2) is 18.7 Å². The standard InChI is InChI=1S/C19H15FN2O5/c1-26-18(24)15-16(13-10-11(20)8-9-14(13)23)21-22(17(15)19(25)27-2)12-6-4-3-5-7-12/h3-10,23H,1-2H3. The van der Waals surface area contributed by atoms with E-state index >= 15 is 0 Å². The number of esters is 2. The van der Waals surface area contributed by atoms with Gasteiger partial charge in [-0.05, 0) is 30.3 Å². The van der Waals surface area contributed by atoms with Gasteiger partial charge in [-0.2, -0.15) is 5.10 Å². The van der Waals surface area contributed by atoms with Gasteiger partial charge in [0.25, 0.3) is 0 Å². The fourth-order valence-corrected chi connectivity index (χ4v) is 2.64. The largest absolute Gasteiger partial charge is 0.507 e. The number of hydrogen-bond acceptors (Lipinski definition) is 6. The third kappa shape index (κ3) is 3.24. The number of phenols is 1. The summed E-state index contributed by atoms with van der Waals surface area (Å²) < 4.78 is 24.5. The minimum absolute atomic E-state index is 0.0600. The maximum atomic E-state index is 13.7. The number of phenolic OH excluding ortho intramolecular Hbond substituents is 1. The van der Waals surface area contributed by atoms with Crippen LogP contribution in [0.25, 0.3) is 16.9 Å². The van der Waals surface area contributed by atoms with Crippen LogP contribution in [0.15, 0.2) is 48.5 Å². The summed E-state index contributed by atoms with van der Waals surface area (Å²) in [7, 11) is 2.30. The van der Waals surface area contributed by atoms with E-state index in [2.05, 4.69) is 5.10 Å². The van der Waals surface area contributed by atoms with Gasteiger partial charge in [0, 0.05) is 5.56 Å². The highest BCUT2D eigenvalue weighted by molar-refractivity contribution is 6.07. The molecule has 0 unspecified atom stereocenters. The van der Waals surface area contributed by atoms with Gasteiger partial charge in [0.1, 0.15) is 22.8 Å². The third-order valence-electron chi connectivity index (χ3n) is 3.87. The van der Waals surface area contributed by atoms with E-state index in [-0.39, 0.29) is 28.3 Å². The van der Waals surface area contributed by atoms with Crippen LogP contribution in [0.1, 0.15) is 20.8 Å². The second-order valence-electron chi connectivity index (χ2n) is 5.46. The number of carbonyl (C=O) groups excluding carboxylic acids is 2. The van der Waals surface area contributed by atoms with Crippen LogP contribution < -0.4 is 0 Å². The summed E-state index contributed by atoms with van der Waals surface area (Å²) in [4.78, 5) is 24.8. The molecular formula is C19H15FN2O5. The zero-order valence-electron chi connectivity index (χ0n) is 14.5. The van der Waals surface area contributed by atoms with E-state index < -0.39 is 17.8 Å². The summed E-state index contributed by atoms with van der Waals surface area (Å²) in [5.74, 6) is -2.67. The van der Waals surface area contributed by atoms with E-state index in [9.17, 15) is 19.1 Å². The number of halogens is 1. The molecule has 0 saturated carbocycles. The van der Waals surface area contributed by atoms with Crippen molar-refractivity contribution in [2.45, 2.75) is 0 Å². The summed E-state index contributed by atoms with van der Waals surface area (Å²) in [6, 6.07) is 11.7. The van der Waals surface area contributed by atoms with Crippen molar-refractivity contribution in [2.24, 2.45) is 0 Å². The monoisotopic (exact) mass is 370 g/mol. The Morgan fingerprint density at radius 1 is 1.04 bits per heavy atom. The molecular weight excluding hydrogens is 355 g/mol. The predicted molar refractivity (Wildman–Crippen MR) is 93.3 cm³/mol. The normalized spacial score (nSPS) is 10.5. The SMILES string of the molecule is COC(=O)c1c(-c2cc(F)ccc2O)nn(-c2ccccc2)c1C(=O)OC. The fourth-order valence-electron chi connectivity index (χ4n) is 2.64. The van der Waals surface area contributed by atoms with E-state index in [0.29, 0.717) is 5.69 Å². The van der Waals surface area contributed by atoms with Crippen molar-refractivity contribution in [3.05, 3.63) is 65.6 Å². The van der Waals surface area contributed by atoms with Crippen LogP contribution in [-0.4, -0.2) is 41.0 Å². The lowest BCUT2D eigenvalue weighted by Gasteiger charge is -2.07. The van der Waals surface area contributed by atoms with Crippen LogP contribution in [0.2, 0.25) is 0 Å². The topological polar surface area (TPSA) is 90.6 Å².